The number of nitrogens with two attached hydrogens (primary N) is 1. The van der Waals surface area contributed by atoms with Gasteiger partial charge < -0.3 is 5.73 Å². The number of nitrogens with one attached hydrogen (secondary N) is 1. The van der Waals surface area contributed by atoms with E-state index in [9.17, 15) is 8.42 Å². The molecule has 0 aliphatic heterocycles. The Morgan fingerprint density at radius 3 is 2.63 bits per heavy atom. The molecular formula is C13H17BrN2O2S. The Morgan fingerprint density at radius 2 is 2.05 bits per heavy atom. The van der Waals surface area contributed by atoms with Gasteiger partial charge in [-0.15, -0.1) is 0 Å². The minimum atomic E-state index is -3.46. The molecule has 104 valence electrons. The van der Waals surface area contributed by atoms with Gasteiger partial charge in [0.15, 0.2) is 0 Å². The molecule has 1 aromatic carbocycles. The Balaban J connectivity index is 1.80. The molecule has 2 fully saturated rings. The first-order chi connectivity index (χ1) is 8.95. The third kappa shape index (κ3) is 2.53. The van der Waals surface area contributed by atoms with Crippen LogP contribution in [0, 0.1) is 11.8 Å². The zero-order chi connectivity index (χ0) is 13.6. The summed E-state index contributed by atoms with van der Waals surface area (Å²) in [5, 5.41) is 0. The predicted molar refractivity (Wildman–Crippen MR) is 78.1 cm³/mol. The number of hydrogen-bond donors (Lipinski definition) is 2. The van der Waals surface area contributed by atoms with E-state index in [-0.39, 0.29) is 10.9 Å². The monoisotopic (exact) mass is 344 g/mol. The van der Waals surface area contributed by atoms with Crippen molar-refractivity contribution in [2.24, 2.45) is 11.8 Å². The fourth-order valence-electron chi connectivity index (χ4n) is 3.35. The summed E-state index contributed by atoms with van der Waals surface area (Å²) in [5.74, 6) is 1.24. The number of fused-ring (bicyclic) bond motifs is 2. The Labute approximate surface area is 121 Å². The van der Waals surface area contributed by atoms with Gasteiger partial charge >= 0.3 is 0 Å². The topological polar surface area (TPSA) is 72.2 Å². The quantitative estimate of drug-likeness (QED) is 0.827. The summed E-state index contributed by atoms with van der Waals surface area (Å²) in [4.78, 5) is 0.246. The van der Waals surface area contributed by atoms with E-state index < -0.39 is 10.0 Å². The molecule has 3 rings (SSSR count). The van der Waals surface area contributed by atoms with Crippen molar-refractivity contribution in [1.82, 2.24) is 4.72 Å². The average Bonchev–Trinajstić information content (AvgIpc) is 2.94. The van der Waals surface area contributed by atoms with Gasteiger partial charge in [-0.3, -0.25) is 0 Å². The smallest absolute Gasteiger partial charge is 0.240 e. The van der Waals surface area contributed by atoms with Crippen LogP contribution in [0.5, 0.6) is 0 Å². The molecule has 2 saturated carbocycles. The van der Waals surface area contributed by atoms with Crippen molar-refractivity contribution in [3.8, 4) is 0 Å². The lowest BCUT2D eigenvalue weighted by Crippen LogP contribution is -2.38. The van der Waals surface area contributed by atoms with Crippen molar-refractivity contribution < 1.29 is 8.42 Å². The van der Waals surface area contributed by atoms with Gasteiger partial charge in [-0.2, -0.15) is 0 Å². The maximum absolute atomic E-state index is 12.3. The normalized spacial score (nSPS) is 29.8. The Kier molecular flexibility index (Phi) is 3.35. The second kappa shape index (κ2) is 4.75. The van der Waals surface area contributed by atoms with E-state index in [4.69, 9.17) is 5.73 Å². The summed E-state index contributed by atoms with van der Waals surface area (Å²) < 4.78 is 28.3. The lowest BCUT2D eigenvalue weighted by molar-refractivity contribution is 0.390. The van der Waals surface area contributed by atoms with Gasteiger partial charge in [0.2, 0.25) is 10.0 Å². The lowest BCUT2D eigenvalue weighted by Gasteiger charge is -2.22. The minimum Gasteiger partial charge on any atom is -0.398 e. The fourth-order valence-corrected chi connectivity index (χ4v) is 4.94. The third-order valence-corrected chi connectivity index (χ3v) is 6.53. The van der Waals surface area contributed by atoms with Crippen LogP contribution in [0.3, 0.4) is 0 Å². The van der Waals surface area contributed by atoms with E-state index in [1.807, 2.05) is 0 Å². The minimum absolute atomic E-state index is 0.105. The summed E-state index contributed by atoms with van der Waals surface area (Å²) in [5.41, 5.74) is 6.19. The number of anilines is 1. The number of nitrogen functional groups attached to an aromatic ring is 1. The largest absolute Gasteiger partial charge is 0.398 e. The third-order valence-electron chi connectivity index (χ3n) is 4.32. The van der Waals surface area contributed by atoms with Gasteiger partial charge in [-0.1, -0.05) is 6.42 Å². The van der Waals surface area contributed by atoms with E-state index >= 15 is 0 Å². The maximum atomic E-state index is 12.3. The molecular weight excluding hydrogens is 328 g/mol. The van der Waals surface area contributed by atoms with E-state index in [1.54, 1.807) is 12.1 Å². The van der Waals surface area contributed by atoms with Crippen LogP contribution in [-0.2, 0) is 10.0 Å². The first-order valence-electron chi connectivity index (χ1n) is 6.53. The van der Waals surface area contributed by atoms with Gasteiger partial charge in [0.25, 0.3) is 0 Å². The molecule has 2 bridgehead atoms. The maximum Gasteiger partial charge on any atom is 0.240 e. The lowest BCUT2D eigenvalue weighted by atomic mass is 9.96. The highest BCUT2D eigenvalue weighted by molar-refractivity contribution is 9.10. The molecule has 3 unspecified atom stereocenters. The molecule has 6 heteroatoms. The molecule has 0 spiro atoms. The number of hydrogen-bond acceptors (Lipinski definition) is 3. The molecule has 3 atom stereocenters. The molecule has 2 aliphatic rings. The fraction of sp³-hybridized carbons (Fsp3) is 0.538. The van der Waals surface area contributed by atoms with Crippen LogP contribution >= 0.6 is 15.9 Å². The van der Waals surface area contributed by atoms with Crippen molar-refractivity contribution >= 4 is 31.6 Å². The highest BCUT2D eigenvalue weighted by Crippen LogP contribution is 2.44. The number of sulfonamides is 1. The van der Waals surface area contributed by atoms with Crippen molar-refractivity contribution in [3.05, 3.63) is 22.7 Å². The zero-order valence-electron chi connectivity index (χ0n) is 10.5. The second-order valence-corrected chi connectivity index (χ2v) is 8.15. The molecule has 0 heterocycles. The van der Waals surface area contributed by atoms with Crippen molar-refractivity contribution in [1.29, 1.82) is 0 Å². The van der Waals surface area contributed by atoms with Gasteiger partial charge in [-0.05, 0) is 65.2 Å². The summed E-state index contributed by atoms with van der Waals surface area (Å²) >= 11 is 3.27. The summed E-state index contributed by atoms with van der Waals surface area (Å²) in [6.07, 6.45) is 4.57. The molecule has 19 heavy (non-hydrogen) atoms. The van der Waals surface area contributed by atoms with E-state index in [0.717, 1.165) is 12.8 Å². The molecule has 0 aromatic heterocycles. The highest BCUT2D eigenvalue weighted by atomic mass is 79.9. The van der Waals surface area contributed by atoms with Crippen LogP contribution in [0.2, 0.25) is 0 Å². The first-order valence-corrected chi connectivity index (χ1v) is 8.80. The van der Waals surface area contributed by atoms with Crippen LogP contribution in [0.25, 0.3) is 0 Å². The van der Waals surface area contributed by atoms with Crippen LogP contribution in [0.15, 0.2) is 27.6 Å². The molecule has 0 radical (unpaired) electrons. The molecule has 2 aliphatic carbocycles. The van der Waals surface area contributed by atoms with E-state index in [1.165, 1.54) is 18.9 Å². The molecule has 0 saturated heterocycles. The van der Waals surface area contributed by atoms with Gasteiger partial charge in [-0.25, -0.2) is 13.1 Å². The molecule has 0 amide bonds. The van der Waals surface area contributed by atoms with Gasteiger partial charge in [0.05, 0.1) is 4.90 Å². The van der Waals surface area contributed by atoms with Gasteiger partial charge in [0, 0.05) is 16.2 Å². The van der Waals surface area contributed by atoms with Crippen molar-refractivity contribution in [2.75, 3.05) is 5.73 Å². The second-order valence-electron chi connectivity index (χ2n) is 5.59. The summed E-state index contributed by atoms with van der Waals surface area (Å²) in [7, 11) is -3.46. The van der Waals surface area contributed by atoms with Crippen molar-refractivity contribution in [3.63, 3.8) is 0 Å². The molecule has 4 nitrogen and oxygen atoms in total. The first kappa shape index (κ1) is 13.4. The summed E-state index contributed by atoms with van der Waals surface area (Å²) in [6.45, 7) is 0. The van der Waals surface area contributed by atoms with Crippen molar-refractivity contribution in [2.45, 2.75) is 36.6 Å². The van der Waals surface area contributed by atoms with Crippen LogP contribution in [0.1, 0.15) is 25.7 Å². The Bertz CT molecular complexity index is 603. The average molecular weight is 345 g/mol. The zero-order valence-corrected chi connectivity index (χ0v) is 12.9. The SMILES string of the molecule is Nc1cc(S(=O)(=O)NC2CC3CCC2C3)ccc1Br. The van der Waals surface area contributed by atoms with Crippen LogP contribution in [0.4, 0.5) is 5.69 Å². The van der Waals surface area contributed by atoms with Crippen LogP contribution in [-0.4, -0.2) is 14.5 Å². The predicted octanol–water partition coefficient (Wildman–Crippen LogP) is 2.50. The number of halogens is 1. The van der Waals surface area contributed by atoms with Gasteiger partial charge in [0.1, 0.15) is 0 Å². The van der Waals surface area contributed by atoms with E-state index in [2.05, 4.69) is 20.7 Å². The highest BCUT2D eigenvalue weighted by Gasteiger charge is 2.41. The standard InChI is InChI=1S/C13H17BrN2O2S/c14-11-4-3-10(7-12(11)15)19(17,18)16-13-6-8-1-2-9(13)5-8/h3-4,7-9,13,16H,1-2,5-6,15H2. The number of rotatable bonds is 3. The summed E-state index contributed by atoms with van der Waals surface area (Å²) in [6, 6.07) is 4.86. The Hall–Kier alpha value is -0.590. The number of benzene rings is 1. The molecule has 1 aromatic rings. The molecule has 3 N–H and O–H groups in total. The van der Waals surface area contributed by atoms with Crippen LogP contribution < -0.4 is 10.5 Å². The Morgan fingerprint density at radius 1 is 1.26 bits per heavy atom. The van der Waals surface area contributed by atoms with E-state index in [0.29, 0.717) is 22.0 Å².